The van der Waals surface area contributed by atoms with Crippen LogP contribution in [0.5, 0.6) is 0 Å². The summed E-state index contributed by atoms with van der Waals surface area (Å²) in [6, 6.07) is 4.67. The maximum absolute atomic E-state index is 12.3. The Labute approximate surface area is 104 Å². The summed E-state index contributed by atoms with van der Waals surface area (Å²) >= 11 is 1.24. The van der Waals surface area contributed by atoms with E-state index in [2.05, 4.69) is 10.1 Å². The van der Waals surface area contributed by atoms with Gasteiger partial charge >= 0.3 is 0 Å². The quantitative estimate of drug-likeness (QED) is 0.845. The molecule has 0 amide bonds. The first-order valence-corrected chi connectivity index (χ1v) is 7.48. The Morgan fingerprint density at radius 3 is 2.76 bits per heavy atom. The van der Waals surface area contributed by atoms with Gasteiger partial charge in [-0.2, -0.15) is 9.19 Å². The van der Waals surface area contributed by atoms with Crippen molar-refractivity contribution in [3.05, 3.63) is 36.3 Å². The molecule has 0 N–H and O–H groups in total. The summed E-state index contributed by atoms with van der Waals surface area (Å²) < 4.78 is 26.0. The highest BCUT2D eigenvalue weighted by Crippen LogP contribution is 2.22. The lowest BCUT2D eigenvalue weighted by molar-refractivity contribution is 0.589. The highest BCUT2D eigenvalue weighted by Gasteiger charge is 2.23. The molecule has 0 atom stereocenters. The SMILES string of the molecule is CSn1nc(C)cc1S(=O)(=O)c1cccnc1. The first-order chi connectivity index (χ1) is 8.05. The minimum Gasteiger partial charge on any atom is -0.263 e. The van der Waals surface area contributed by atoms with Crippen LogP contribution in [0, 0.1) is 6.92 Å². The molecule has 0 bridgehead atoms. The van der Waals surface area contributed by atoms with Crippen molar-refractivity contribution in [1.29, 1.82) is 0 Å². The van der Waals surface area contributed by atoms with Gasteiger partial charge in [-0.05, 0) is 37.1 Å². The zero-order valence-corrected chi connectivity index (χ0v) is 11.0. The average Bonchev–Trinajstić information content (AvgIpc) is 2.72. The Bertz CT molecular complexity index is 620. The summed E-state index contributed by atoms with van der Waals surface area (Å²) in [6.07, 6.45) is 4.65. The third-order valence-corrected chi connectivity index (χ3v) is 4.61. The van der Waals surface area contributed by atoms with E-state index in [0.717, 1.165) is 0 Å². The second kappa shape index (κ2) is 4.50. The van der Waals surface area contributed by atoms with Crippen LogP contribution < -0.4 is 0 Å². The van der Waals surface area contributed by atoms with Gasteiger partial charge in [0.15, 0.2) is 5.03 Å². The minimum atomic E-state index is -3.54. The molecule has 0 saturated heterocycles. The molecule has 7 heteroatoms. The Morgan fingerprint density at radius 1 is 1.41 bits per heavy atom. The van der Waals surface area contributed by atoms with Gasteiger partial charge in [-0.15, -0.1) is 0 Å². The van der Waals surface area contributed by atoms with Crippen LogP contribution in [0.2, 0.25) is 0 Å². The van der Waals surface area contributed by atoms with E-state index in [1.54, 1.807) is 25.3 Å². The summed E-state index contributed by atoms with van der Waals surface area (Å²) in [4.78, 5) is 4.00. The monoisotopic (exact) mass is 269 g/mol. The van der Waals surface area contributed by atoms with Gasteiger partial charge in [-0.25, -0.2) is 8.42 Å². The first-order valence-electron chi connectivity index (χ1n) is 4.82. The zero-order valence-electron chi connectivity index (χ0n) is 9.36. The molecule has 0 aliphatic carbocycles. The fraction of sp³-hybridized carbons (Fsp3) is 0.200. The smallest absolute Gasteiger partial charge is 0.226 e. The van der Waals surface area contributed by atoms with Crippen molar-refractivity contribution < 1.29 is 8.42 Å². The van der Waals surface area contributed by atoms with Crippen molar-refractivity contribution in [2.75, 3.05) is 6.26 Å². The molecule has 0 aliphatic rings. The standard InChI is InChI=1S/C10H11N3O2S2/c1-8-6-10(13(12-8)16-2)17(14,15)9-4-3-5-11-7-9/h3-7H,1-2H3. The Morgan fingerprint density at radius 2 is 2.18 bits per heavy atom. The van der Waals surface area contributed by atoms with Crippen LogP contribution in [0.15, 0.2) is 40.5 Å². The lowest BCUT2D eigenvalue weighted by Crippen LogP contribution is -2.07. The van der Waals surface area contributed by atoms with E-state index in [1.165, 1.54) is 34.5 Å². The van der Waals surface area contributed by atoms with Gasteiger partial charge in [-0.3, -0.25) is 4.98 Å². The van der Waals surface area contributed by atoms with Crippen molar-refractivity contribution in [3.8, 4) is 0 Å². The van der Waals surface area contributed by atoms with E-state index < -0.39 is 9.84 Å². The van der Waals surface area contributed by atoms with E-state index in [-0.39, 0.29) is 9.92 Å². The van der Waals surface area contributed by atoms with E-state index in [1.807, 2.05) is 0 Å². The molecule has 2 heterocycles. The van der Waals surface area contributed by atoms with E-state index >= 15 is 0 Å². The van der Waals surface area contributed by atoms with Gasteiger partial charge in [0.1, 0.15) is 0 Å². The number of sulfone groups is 1. The molecule has 17 heavy (non-hydrogen) atoms. The van der Waals surface area contributed by atoms with Gasteiger partial charge < -0.3 is 0 Å². The third-order valence-electron chi connectivity index (χ3n) is 2.16. The number of nitrogens with zero attached hydrogens (tertiary/aromatic N) is 3. The predicted octanol–water partition coefficient (Wildman–Crippen LogP) is 1.55. The molecular formula is C10H11N3O2S2. The van der Waals surface area contributed by atoms with Crippen molar-refractivity contribution >= 4 is 21.8 Å². The van der Waals surface area contributed by atoms with E-state index in [9.17, 15) is 8.42 Å². The lowest BCUT2D eigenvalue weighted by Gasteiger charge is -2.04. The molecular weight excluding hydrogens is 258 g/mol. The summed E-state index contributed by atoms with van der Waals surface area (Å²) in [7, 11) is -3.54. The molecule has 0 unspecified atom stereocenters. The van der Waals surface area contributed by atoms with Gasteiger partial charge in [0.2, 0.25) is 9.84 Å². The summed E-state index contributed by atoms with van der Waals surface area (Å²) in [5.74, 6) is 0. The van der Waals surface area contributed by atoms with Gasteiger partial charge in [0.25, 0.3) is 0 Å². The van der Waals surface area contributed by atoms with Crippen molar-refractivity contribution in [2.45, 2.75) is 16.8 Å². The fourth-order valence-electron chi connectivity index (χ4n) is 1.39. The molecule has 5 nitrogen and oxygen atoms in total. The molecule has 2 rings (SSSR count). The normalized spacial score (nSPS) is 11.6. The average molecular weight is 269 g/mol. The van der Waals surface area contributed by atoms with E-state index in [0.29, 0.717) is 5.69 Å². The number of hydrogen-bond acceptors (Lipinski definition) is 5. The Hall–Kier alpha value is -1.34. The van der Waals surface area contributed by atoms with Crippen LogP contribution in [-0.4, -0.2) is 28.8 Å². The maximum atomic E-state index is 12.3. The van der Waals surface area contributed by atoms with E-state index in [4.69, 9.17) is 0 Å². The van der Waals surface area contributed by atoms with Crippen LogP contribution in [0.3, 0.4) is 0 Å². The molecule has 0 aliphatic heterocycles. The number of aryl methyl sites for hydroxylation is 1. The van der Waals surface area contributed by atoms with Crippen LogP contribution >= 0.6 is 11.9 Å². The number of rotatable bonds is 3. The summed E-state index contributed by atoms with van der Waals surface area (Å²) in [5.41, 5.74) is 0.668. The molecule has 2 aromatic heterocycles. The molecule has 0 radical (unpaired) electrons. The van der Waals surface area contributed by atoms with Crippen LogP contribution in [0.4, 0.5) is 0 Å². The van der Waals surface area contributed by atoms with Gasteiger partial charge in [-0.1, -0.05) is 0 Å². The topological polar surface area (TPSA) is 64.8 Å². The lowest BCUT2D eigenvalue weighted by atomic mass is 10.5. The molecule has 0 saturated carbocycles. The molecule has 90 valence electrons. The van der Waals surface area contributed by atoms with Crippen LogP contribution in [0.1, 0.15) is 5.69 Å². The second-order valence-corrected chi connectivity index (χ2v) is 5.98. The fourth-order valence-corrected chi connectivity index (χ4v) is 3.63. The predicted molar refractivity (Wildman–Crippen MR) is 65.6 cm³/mol. The highest BCUT2D eigenvalue weighted by molar-refractivity contribution is 7.98. The zero-order chi connectivity index (χ0) is 12.5. The minimum absolute atomic E-state index is 0.176. The second-order valence-electron chi connectivity index (χ2n) is 3.37. The molecule has 0 fully saturated rings. The highest BCUT2D eigenvalue weighted by atomic mass is 32.2. The van der Waals surface area contributed by atoms with Crippen molar-refractivity contribution in [2.24, 2.45) is 0 Å². The van der Waals surface area contributed by atoms with Gasteiger partial charge in [0.05, 0.1) is 10.6 Å². The van der Waals surface area contributed by atoms with Crippen LogP contribution in [0.25, 0.3) is 0 Å². The van der Waals surface area contributed by atoms with Crippen LogP contribution in [-0.2, 0) is 9.84 Å². The summed E-state index contributed by atoms with van der Waals surface area (Å²) in [6.45, 7) is 1.76. The van der Waals surface area contributed by atoms with Gasteiger partial charge in [0, 0.05) is 18.6 Å². The van der Waals surface area contributed by atoms with Crippen molar-refractivity contribution in [1.82, 2.24) is 14.2 Å². The molecule has 2 aromatic rings. The molecule has 0 spiro atoms. The number of pyridine rings is 1. The largest absolute Gasteiger partial charge is 0.263 e. The summed E-state index contributed by atoms with van der Waals surface area (Å²) in [5, 5.41) is 4.28. The third kappa shape index (κ3) is 2.20. The maximum Gasteiger partial charge on any atom is 0.226 e. The van der Waals surface area contributed by atoms with Crippen molar-refractivity contribution in [3.63, 3.8) is 0 Å². The Balaban J connectivity index is 2.60. The first kappa shape index (κ1) is 12.1. The number of hydrogen-bond donors (Lipinski definition) is 0. The molecule has 0 aromatic carbocycles. The number of aromatic nitrogens is 3. The Kier molecular flexibility index (Phi) is 3.21.